The fraction of sp³-hybridized carbons (Fsp3) is 0.421. The van der Waals surface area contributed by atoms with Crippen LogP contribution in [0.5, 0.6) is 5.75 Å². The van der Waals surface area contributed by atoms with E-state index in [2.05, 4.69) is 34.4 Å². The third-order valence-corrected chi connectivity index (χ3v) is 3.73. The van der Waals surface area contributed by atoms with Crippen molar-refractivity contribution in [2.24, 2.45) is 5.92 Å². The fourth-order valence-electron chi connectivity index (χ4n) is 2.38. The molecule has 0 radical (unpaired) electrons. The van der Waals surface area contributed by atoms with E-state index in [1.54, 1.807) is 20.1 Å². The van der Waals surface area contributed by atoms with Gasteiger partial charge >= 0.3 is 0 Å². The van der Waals surface area contributed by atoms with Crippen LogP contribution in [-0.2, 0) is 6.54 Å². The second-order valence-electron chi connectivity index (χ2n) is 6.29. The highest BCUT2D eigenvalue weighted by molar-refractivity contribution is 5.92. The van der Waals surface area contributed by atoms with E-state index in [1.165, 1.54) is 0 Å². The van der Waals surface area contributed by atoms with Gasteiger partial charge in [-0.15, -0.1) is 0 Å². The van der Waals surface area contributed by atoms with Gasteiger partial charge in [0.05, 0.1) is 7.11 Å². The topological polar surface area (TPSA) is 76.1 Å². The van der Waals surface area contributed by atoms with Gasteiger partial charge in [-0.3, -0.25) is 4.79 Å². The standard InChI is InChI=1S/C19H26N4O2/c1-13(2)9-10-20-18-11-16(22-14(3)23-18)19(24)21-12-15-7-5-6-8-17(15)25-4/h5-8,11,13H,9-10,12H2,1-4H3,(H,21,24)(H,20,22,23). The lowest BCUT2D eigenvalue weighted by atomic mass is 10.1. The van der Waals surface area contributed by atoms with Gasteiger partial charge in [0.1, 0.15) is 23.1 Å². The van der Waals surface area contributed by atoms with E-state index in [1.807, 2.05) is 24.3 Å². The number of nitrogens with one attached hydrogen (secondary N) is 2. The van der Waals surface area contributed by atoms with Crippen molar-refractivity contribution in [3.63, 3.8) is 0 Å². The van der Waals surface area contributed by atoms with E-state index >= 15 is 0 Å². The van der Waals surface area contributed by atoms with E-state index in [0.717, 1.165) is 24.3 Å². The molecule has 0 aliphatic carbocycles. The molecule has 6 nitrogen and oxygen atoms in total. The number of nitrogens with zero attached hydrogens (tertiary/aromatic N) is 2. The Hall–Kier alpha value is -2.63. The zero-order valence-electron chi connectivity index (χ0n) is 15.3. The number of carbonyl (C=O) groups is 1. The summed E-state index contributed by atoms with van der Waals surface area (Å²) >= 11 is 0. The van der Waals surface area contributed by atoms with Gasteiger partial charge in [0, 0.05) is 24.7 Å². The number of hydrogen-bond donors (Lipinski definition) is 2. The summed E-state index contributed by atoms with van der Waals surface area (Å²) in [6.07, 6.45) is 1.04. The number of ether oxygens (including phenoxy) is 1. The highest BCUT2D eigenvalue weighted by atomic mass is 16.5. The second kappa shape index (κ2) is 9.01. The second-order valence-corrected chi connectivity index (χ2v) is 6.29. The molecule has 1 aromatic heterocycles. The number of carbonyl (C=O) groups excluding carboxylic acids is 1. The van der Waals surface area contributed by atoms with Crippen LogP contribution in [0.15, 0.2) is 30.3 Å². The van der Waals surface area contributed by atoms with Gasteiger partial charge in [-0.1, -0.05) is 32.0 Å². The van der Waals surface area contributed by atoms with Crippen molar-refractivity contribution >= 4 is 11.7 Å². The van der Waals surface area contributed by atoms with Gasteiger partial charge in [0.15, 0.2) is 0 Å². The van der Waals surface area contributed by atoms with Crippen molar-refractivity contribution < 1.29 is 9.53 Å². The average molecular weight is 342 g/mol. The molecule has 2 aromatic rings. The third kappa shape index (κ3) is 5.74. The molecule has 0 bridgehead atoms. The van der Waals surface area contributed by atoms with Crippen molar-refractivity contribution in [1.82, 2.24) is 15.3 Å². The summed E-state index contributed by atoms with van der Waals surface area (Å²) in [7, 11) is 1.61. The minimum atomic E-state index is -0.233. The van der Waals surface area contributed by atoms with Gasteiger partial charge in [-0.2, -0.15) is 0 Å². The van der Waals surface area contributed by atoms with Gasteiger partial charge in [-0.25, -0.2) is 9.97 Å². The van der Waals surface area contributed by atoms with Crippen LogP contribution >= 0.6 is 0 Å². The van der Waals surface area contributed by atoms with Gasteiger partial charge in [0.25, 0.3) is 5.91 Å². The lowest BCUT2D eigenvalue weighted by molar-refractivity contribution is 0.0945. The zero-order chi connectivity index (χ0) is 18.2. The molecule has 134 valence electrons. The highest BCUT2D eigenvalue weighted by Crippen LogP contribution is 2.17. The summed E-state index contributed by atoms with van der Waals surface area (Å²) in [6.45, 7) is 7.32. The normalized spacial score (nSPS) is 10.6. The molecule has 1 amide bonds. The highest BCUT2D eigenvalue weighted by Gasteiger charge is 2.11. The average Bonchev–Trinajstić information content (AvgIpc) is 2.59. The number of rotatable bonds is 8. The number of methoxy groups -OCH3 is 1. The molecule has 2 rings (SSSR count). The molecule has 1 aromatic carbocycles. The summed E-state index contributed by atoms with van der Waals surface area (Å²) in [5, 5.41) is 6.13. The summed E-state index contributed by atoms with van der Waals surface area (Å²) in [4.78, 5) is 21.0. The van der Waals surface area contributed by atoms with Gasteiger partial charge in [-0.05, 0) is 25.3 Å². The summed E-state index contributed by atoms with van der Waals surface area (Å²) < 4.78 is 5.30. The molecule has 6 heteroatoms. The number of benzene rings is 1. The first-order valence-electron chi connectivity index (χ1n) is 8.49. The van der Waals surface area contributed by atoms with Gasteiger partial charge in [0.2, 0.25) is 0 Å². The molecule has 2 N–H and O–H groups in total. The van der Waals surface area contributed by atoms with E-state index in [9.17, 15) is 4.79 Å². The first kappa shape index (κ1) is 18.7. The largest absolute Gasteiger partial charge is 0.496 e. The summed E-state index contributed by atoms with van der Waals surface area (Å²) in [5.41, 5.74) is 1.27. The Bertz CT molecular complexity index is 716. The van der Waals surface area contributed by atoms with Crippen LogP contribution in [0.2, 0.25) is 0 Å². The van der Waals surface area contributed by atoms with Gasteiger partial charge < -0.3 is 15.4 Å². The maximum Gasteiger partial charge on any atom is 0.270 e. The quantitative estimate of drug-likeness (QED) is 0.770. The first-order valence-corrected chi connectivity index (χ1v) is 8.49. The van der Waals surface area contributed by atoms with Crippen LogP contribution in [0.25, 0.3) is 0 Å². The van der Waals surface area contributed by atoms with Crippen LogP contribution in [0.4, 0.5) is 5.82 Å². The van der Waals surface area contributed by atoms with Crippen molar-refractivity contribution in [2.75, 3.05) is 19.0 Å². The molecule has 0 saturated carbocycles. The maximum absolute atomic E-state index is 12.4. The number of para-hydroxylation sites is 1. The summed E-state index contributed by atoms with van der Waals surface area (Å²) in [6, 6.07) is 9.28. The zero-order valence-corrected chi connectivity index (χ0v) is 15.3. The molecule has 0 fully saturated rings. The molecule has 0 saturated heterocycles. The molecule has 25 heavy (non-hydrogen) atoms. The smallest absolute Gasteiger partial charge is 0.270 e. The minimum Gasteiger partial charge on any atom is -0.496 e. The molecule has 0 atom stereocenters. The Balaban J connectivity index is 2.02. The fourth-order valence-corrected chi connectivity index (χ4v) is 2.38. The lowest BCUT2D eigenvalue weighted by Crippen LogP contribution is -2.25. The number of hydrogen-bond acceptors (Lipinski definition) is 5. The van der Waals surface area contributed by atoms with Crippen molar-refractivity contribution in [2.45, 2.75) is 33.7 Å². The van der Waals surface area contributed by atoms with Crippen LogP contribution in [0, 0.1) is 12.8 Å². The lowest BCUT2D eigenvalue weighted by Gasteiger charge is -2.11. The van der Waals surface area contributed by atoms with E-state index in [-0.39, 0.29) is 5.91 Å². The third-order valence-electron chi connectivity index (χ3n) is 3.73. The Morgan fingerprint density at radius 1 is 1.24 bits per heavy atom. The molecule has 0 aliphatic heterocycles. The molecule has 0 unspecified atom stereocenters. The Morgan fingerprint density at radius 2 is 2.00 bits per heavy atom. The van der Waals surface area contributed by atoms with Crippen LogP contribution in [0.3, 0.4) is 0 Å². The van der Waals surface area contributed by atoms with E-state index in [4.69, 9.17) is 4.74 Å². The first-order chi connectivity index (χ1) is 12.0. The van der Waals surface area contributed by atoms with E-state index in [0.29, 0.717) is 29.8 Å². The Morgan fingerprint density at radius 3 is 2.72 bits per heavy atom. The molecule has 0 spiro atoms. The molecule has 1 heterocycles. The number of aryl methyl sites for hydroxylation is 1. The van der Waals surface area contributed by atoms with Crippen molar-refractivity contribution in [3.05, 3.63) is 47.4 Å². The predicted molar refractivity (Wildman–Crippen MR) is 98.9 cm³/mol. The number of anilines is 1. The Labute approximate surface area is 149 Å². The molecular formula is C19H26N4O2. The number of amides is 1. The monoisotopic (exact) mass is 342 g/mol. The van der Waals surface area contributed by atoms with Crippen LogP contribution < -0.4 is 15.4 Å². The molecule has 0 aliphatic rings. The predicted octanol–water partition coefficient (Wildman–Crippen LogP) is 3.18. The van der Waals surface area contributed by atoms with Crippen molar-refractivity contribution in [1.29, 1.82) is 0 Å². The minimum absolute atomic E-state index is 0.233. The van der Waals surface area contributed by atoms with Crippen molar-refractivity contribution in [3.8, 4) is 5.75 Å². The maximum atomic E-state index is 12.4. The van der Waals surface area contributed by atoms with Crippen LogP contribution in [-0.4, -0.2) is 29.5 Å². The van der Waals surface area contributed by atoms with Crippen LogP contribution in [0.1, 0.15) is 42.1 Å². The molecular weight excluding hydrogens is 316 g/mol. The SMILES string of the molecule is COc1ccccc1CNC(=O)c1cc(NCCC(C)C)nc(C)n1. The van der Waals surface area contributed by atoms with E-state index < -0.39 is 0 Å². The summed E-state index contributed by atoms with van der Waals surface area (Å²) in [5.74, 6) is 2.37. The number of aromatic nitrogens is 2. The Kier molecular flexibility index (Phi) is 6.74.